The van der Waals surface area contributed by atoms with Crippen LogP contribution in [0, 0.1) is 11.8 Å². The topological polar surface area (TPSA) is 61.7 Å². The third kappa shape index (κ3) is 2.11. The van der Waals surface area contributed by atoms with E-state index >= 15 is 0 Å². The van der Waals surface area contributed by atoms with Gasteiger partial charge in [-0.15, -0.1) is 0 Å². The van der Waals surface area contributed by atoms with E-state index in [1.807, 2.05) is 30.3 Å². The fourth-order valence-corrected chi connectivity index (χ4v) is 1.41. The normalized spacial score (nSPS) is 9.00. The predicted octanol–water partition coefficient (Wildman–Crippen LogP) is 2.90. The van der Waals surface area contributed by atoms with Gasteiger partial charge in [-0.2, -0.15) is 0 Å². The van der Waals surface area contributed by atoms with Crippen molar-refractivity contribution in [2.75, 3.05) is 6.54 Å². The Hall–Kier alpha value is -2.50. The molecule has 0 amide bonds. The number of hydrogen-bond donors (Lipinski definition) is 0. The van der Waals surface area contributed by atoms with E-state index in [-0.39, 0.29) is 6.54 Å². The molecule has 0 saturated carbocycles. The van der Waals surface area contributed by atoms with Crippen LogP contribution in [0.4, 0.5) is 0 Å². The minimum Gasteiger partial charge on any atom is -0.256 e. The molecule has 0 atom stereocenters. The van der Waals surface area contributed by atoms with Crippen LogP contribution in [0.1, 0.15) is 5.56 Å². The zero-order chi connectivity index (χ0) is 11.2. The Balaban J connectivity index is 2.43. The zero-order valence-corrected chi connectivity index (χ0v) is 8.46. The van der Waals surface area contributed by atoms with Gasteiger partial charge in [-0.3, -0.25) is 4.98 Å². The van der Waals surface area contributed by atoms with Crippen LogP contribution in [0.5, 0.6) is 0 Å². The molecule has 1 heterocycles. The van der Waals surface area contributed by atoms with Crippen LogP contribution in [0.3, 0.4) is 0 Å². The lowest BCUT2D eigenvalue weighted by Crippen LogP contribution is -1.82. The lowest BCUT2D eigenvalue weighted by molar-refractivity contribution is 1.25. The first-order valence-corrected chi connectivity index (χ1v) is 4.75. The second-order valence-electron chi connectivity index (χ2n) is 3.07. The molecule has 0 aliphatic carbocycles. The molecule has 0 aliphatic rings. The SMILES string of the molecule is [N-]=[N+]=NCC#Cc1cccc2ncccc12. The maximum absolute atomic E-state index is 8.12. The van der Waals surface area contributed by atoms with Crippen molar-refractivity contribution in [2.24, 2.45) is 5.11 Å². The molecule has 0 aliphatic heterocycles. The summed E-state index contributed by atoms with van der Waals surface area (Å²) in [6.07, 6.45) is 1.75. The molecule has 4 heteroatoms. The Morgan fingerprint density at radius 2 is 2.25 bits per heavy atom. The smallest absolute Gasteiger partial charge is 0.0880 e. The highest BCUT2D eigenvalue weighted by Crippen LogP contribution is 2.14. The van der Waals surface area contributed by atoms with Crippen molar-refractivity contribution in [2.45, 2.75) is 0 Å². The first-order valence-electron chi connectivity index (χ1n) is 4.75. The number of rotatable bonds is 1. The maximum Gasteiger partial charge on any atom is 0.0880 e. The Bertz CT molecular complexity index is 610. The van der Waals surface area contributed by atoms with E-state index in [4.69, 9.17) is 5.53 Å². The highest BCUT2D eigenvalue weighted by Gasteiger charge is 1.96. The summed E-state index contributed by atoms with van der Waals surface area (Å²) in [5, 5.41) is 4.37. The fraction of sp³-hybridized carbons (Fsp3) is 0.0833. The third-order valence-electron chi connectivity index (χ3n) is 2.08. The number of azide groups is 1. The first-order chi connectivity index (χ1) is 7.92. The van der Waals surface area contributed by atoms with Crippen molar-refractivity contribution in [3.8, 4) is 11.8 Å². The predicted molar refractivity (Wildman–Crippen MR) is 62.6 cm³/mol. The van der Waals surface area contributed by atoms with Crippen LogP contribution in [0.15, 0.2) is 41.6 Å². The van der Waals surface area contributed by atoms with Crippen molar-refractivity contribution < 1.29 is 0 Å². The van der Waals surface area contributed by atoms with Gasteiger partial charge in [0.25, 0.3) is 0 Å². The number of benzene rings is 1. The molecule has 0 radical (unpaired) electrons. The number of hydrogen-bond acceptors (Lipinski definition) is 2. The summed E-state index contributed by atoms with van der Waals surface area (Å²) in [5.74, 6) is 5.76. The molecule has 2 rings (SSSR count). The molecular weight excluding hydrogens is 200 g/mol. The van der Waals surface area contributed by atoms with Gasteiger partial charge in [-0.1, -0.05) is 29.1 Å². The van der Waals surface area contributed by atoms with Gasteiger partial charge < -0.3 is 0 Å². The Morgan fingerprint density at radius 1 is 1.31 bits per heavy atom. The molecule has 1 aromatic heterocycles. The standard InChI is InChI=1S/C12H8N4/c13-16-15-9-2-5-10-4-1-7-12-11(10)6-3-8-14-12/h1,3-4,6-8H,9H2. The van der Waals surface area contributed by atoms with Crippen molar-refractivity contribution >= 4 is 10.9 Å². The molecule has 0 N–H and O–H groups in total. The summed E-state index contributed by atoms with van der Waals surface area (Å²) >= 11 is 0. The minimum atomic E-state index is 0.188. The Labute approximate surface area is 92.6 Å². The zero-order valence-electron chi connectivity index (χ0n) is 8.46. The van der Waals surface area contributed by atoms with Crippen LogP contribution in [-0.4, -0.2) is 11.5 Å². The quantitative estimate of drug-likeness (QED) is 0.307. The molecule has 0 bridgehead atoms. The lowest BCUT2D eigenvalue weighted by Gasteiger charge is -1.97. The van der Waals surface area contributed by atoms with Gasteiger partial charge in [0.1, 0.15) is 0 Å². The molecule has 0 spiro atoms. The van der Waals surface area contributed by atoms with E-state index in [1.165, 1.54) is 0 Å². The molecule has 0 unspecified atom stereocenters. The molecule has 1 aromatic carbocycles. The highest BCUT2D eigenvalue weighted by atomic mass is 15.1. The van der Waals surface area contributed by atoms with E-state index in [1.54, 1.807) is 6.20 Å². The van der Waals surface area contributed by atoms with Crippen LogP contribution in [0.25, 0.3) is 21.3 Å². The Kier molecular flexibility index (Phi) is 3.03. The summed E-state index contributed by atoms with van der Waals surface area (Å²) in [4.78, 5) is 6.88. The van der Waals surface area contributed by atoms with E-state index in [0.29, 0.717) is 0 Å². The average Bonchev–Trinajstić information content (AvgIpc) is 2.35. The molecule has 2 aromatic rings. The van der Waals surface area contributed by atoms with Crippen LogP contribution in [-0.2, 0) is 0 Å². The summed E-state index contributed by atoms with van der Waals surface area (Å²) in [5.41, 5.74) is 9.93. The van der Waals surface area contributed by atoms with Crippen LogP contribution in [0.2, 0.25) is 0 Å². The molecule has 16 heavy (non-hydrogen) atoms. The van der Waals surface area contributed by atoms with Crippen molar-refractivity contribution in [3.05, 3.63) is 52.5 Å². The molecule has 76 valence electrons. The van der Waals surface area contributed by atoms with Crippen LogP contribution >= 0.6 is 0 Å². The van der Waals surface area contributed by atoms with Gasteiger partial charge in [0.05, 0.1) is 12.1 Å². The van der Waals surface area contributed by atoms with Gasteiger partial charge in [-0.05, 0) is 23.7 Å². The maximum atomic E-state index is 8.12. The van der Waals surface area contributed by atoms with Crippen LogP contribution < -0.4 is 0 Å². The number of nitrogens with zero attached hydrogens (tertiary/aromatic N) is 4. The second-order valence-corrected chi connectivity index (χ2v) is 3.07. The lowest BCUT2D eigenvalue weighted by atomic mass is 10.1. The van der Waals surface area contributed by atoms with Gasteiger partial charge >= 0.3 is 0 Å². The second kappa shape index (κ2) is 4.83. The van der Waals surface area contributed by atoms with Gasteiger partial charge in [0.2, 0.25) is 0 Å². The number of aromatic nitrogens is 1. The monoisotopic (exact) mass is 208 g/mol. The van der Waals surface area contributed by atoms with E-state index in [0.717, 1.165) is 16.5 Å². The Morgan fingerprint density at radius 3 is 3.12 bits per heavy atom. The van der Waals surface area contributed by atoms with Gasteiger partial charge in [-0.25, -0.2) is 0 Å². The minimum absolute atomic E-state index is 0.188. The number of fused-ring (bicyclic) bond motifs is 1. The average molecular weight is 208 g/mol. The van der Waals surface area contributed by atoms with E-state index < -0.39 is 0 Å². The fourth-order valence-electron chi connectivity index (χ4n) is 1.41. The first kappa shape index (κ1) is 10.0. The van der Waals surface area contributed by atoms with E-state index in [9.17, 15) is 0 Å². The van der Waals surface area contributed by atoms with Crippen molar-refractivity contribution in [1.82, 2.24) is 4.98 Å². The van der Waals surface area contributed by atoms with Crippen molar-refractivity contribution in [3.63, 3.8) is 0 Å². The summed E-state index contributed by atoms with van der Waals surface area (Å²) in [6.45, 7) is 0.188. The largest absolute Gasteiger partial charge is 0.256 e. The van der Waals surface area contributed by atoms with Crippen molar-refractivity contribution in [1.29, 1.82) is 0 Å². The summed E-state index contributed by atoms with van der Waals surface area (Å²) < 4.78 is 0. The van der Waals surface area contributed by atoms with E-state index in [2.05, 4.69) is 26.9 Å². The van der Waals surface area contributed by atoms with Gasteiger partial charge in [0, 0.05) is 22.1 Å². The molecule has 0 fully saturated rings. The number of pyridine rings is 1. The highest BCUT2D eigenvalue weighted by molar-refractivity contribution is 5.84. The third-order valence-corrected chi connectivity index (χ3v) is 2.08. The summed E-state index contributed by atoms with van der Waals surface area (Å²) in [7, 11) is 0. The molecule has 0 saturated heterocycles. The van der Waals surface area contributed by atoms with Gasteiger partial charge in [0.15, 0.2) is 0 Å². The summed E-state index contributed by atoms with van der Waals surface area (Å²) in [6, 6.07) is 9.62. The molecule has 4 nitrogen and oxygen atoms in total. The molecular formula is C12H8N4.